The van der Waals surface area contributed by atoms with Gasteiger partial charge < -0.3 is 14.4 Å². The lowest BCUT2D eigenvalue weighted by Gasteiger charge is -2.20. The fraction of sp³-hybridized carbons (Fsp3) is 0.258. The Morgan fingerprint density at radius 1 is 1.20 bits per heavy atom. The maximum Gasteiger partial charge on any atom is 0.416 e. The molecule has 0 fully saturated rings. The number of rotatable bonds is 8. The molecule has 0 aliphatic heterocycles. The second-order valence-corrected chi connectivity index (χ2v) is 11.6. The first-order chi connectivity index (χ1) is 21.3. The van der Waals surface area contributed by atoms with Crippen molar-refractivity contribution in [2.45, 2.75) is 26.2 Å². The summed E-state index contributed by atoms with van der Waals surface area (Å²) >= 11 is 7.65. The number of nitriles is 1. The molecular weight excluding hydrogens is 631 g/mol. The summed E-state index contributed by atoms with van der Waals surface area (Å²) in [6, 6.07) is 9.45. The van der Waals surface area contributed by atoms with Crippen LogP contribution in [0.25, 0.3) is 32.2 Å². The summed E-state index contributed by atoms with van der Waals surface area (Å²) in [6.45, 7) is 1.27. The van der Waals surface area contributed by atoms with E-state index in [0.29, 0.717) is 37.7 Å². The molecule has 9 nitrogen and oxygen atoms in total. The Morgan fingerprint density at radius 2 is 1.96 bits per heavy atom. The van der Waals surface area contributed by atoms with Crippen molar-refractivity contribution in [3.63, 3.8) is 0 Å². The third-order valence-corrected chi connectivity index (χ3v) is 8.34. The number of benzene rings is 2. The van der Waals surface area contributed by atoms with Crippen LogP contribution in [0.15, 0.2) is 46.7 Å². The molecule has 3 aromatic heterocycles. The predicted molar refractivity (Wildman–Crippen MR) is 165 cm³/mol. The van der Waals surface area contributed by atoms with E-state index in [2.05, 4.69) is 9.97 Å². The van der Waals surface area contributed by atoms with Crippen LogP contribution in [0.4, 0.5) is 13.2 Å². The zero-order valence-electron chi connectivity index (χ0n) is 24.5. The number of carbonyl (C=O) groups excluding carboxylic acids is 1. The maximum atomic E-state index is 14.0. The van der Waals surface area contributed by atoms with Crippen molar-refractivity contribution in [1.82, 2.24) is 19.4 Å². The number of fused-ring (bicyclic) bond motifs is 2. The van der Waals surface area contributed by atoms with Crippen molar-refractivity contribution in [3.05, 3.63) is 85.4 Å². The molecule has 0 radical (unpaired) electrons. The van der Waals surface area contributed by atoms with Gasteiger partial charge >= 0.3 is 12.1 Å². The minimum Gasteiger partial charge on any atom is -0.491 e. The van der Waals surface area contributed by atoms with E-state index in [1.54, 1.807) is 49.9 Å². The van der Waals surface area contributed by atoms with Crippen LogP contribution in [0.5, 0.6) is 5.75 Å². The van der Waals surface area contributed by atoms with Gasteiger partial charge in [-0.1, -0.05) is 11.6 Å². The van der Waals surface area contributed by atoms with Crippen molar-refractivity contribution in [2.24, 2.45) is 0 Å². The Hall–Kier alpha value is -4.51. The van der Waals surface area contributed by atoms with Crippen LogP contribution in [-0.4, -0.2) is 53.2 Å². The van der Waals surface area contributed by atoms with Gasteiger partial charge in [0.1, 0.15) is 24.3 Å². The molecule has 0 saturated carbocycles. The molecule has 0 atom stereocenters. The van der Waals surface area contributed by atoms with Gasteiger partial charge in [-0.3, -0.25) is 14.3 Å². The van der Waals surface area contributed by atoms with Crippen LogP contribution in [0, 0.1) is 18.3 Å². The number of hydrogen-bond donors (Lipinski definition) is 0. The summed E-state index contributed by atoms with van der Waals surface area (Å²) in [5.74, 6) is 0.0797. The fourth-order valence-corrected chi connectivity index (χ4v) is 6.33. The summed E-state index contributed by atoms with van der Waals surface area (Å²) in [7, 11) is 4.44. The van der Waals surface area contributed by atoms with E-state index in [4.69, 9.17) is 21.1 Å². The number of hydrogen-bond acceptors (Lipinski definition) is 9. The second kappa shape index (κ2) is 12.5. The SMILES string of the molecule is COC(=O)c1csc2c(-c3cc(Cl)ccc3OCCn3c(C)nc4cc(C(F)(F)F)c(CN(C)C)c(C#N)c4c3=O)ccnc12. The van der Waals surface area contributed by atoms with Gasteiger partial charge in [0.15, 0.2) is 0 Å². The molecular formula is C31H25ClF3N5O4S. The van der Waals surface area contributed by atoms with Crippen LogP contribution >= 0.6 is 22.9 Å². The lowest BCUT2D eigenvalue weighted by Crippen LogP contribution is -2.28. The van der Waals surface area contributed by atoms with E-state index >= 15 is 0 Å². The summed E-state index contributed by atoms with van der Waals surface area (Å²) < 4.78 is 54.9. The lowest BCUT2D eigenvalue weighted by molar-refractivity contribution is -0.138. The quantitative estimate of drug-likeness (QED) is 0.175. The number of nitrogens with zero attached hydrogens (tertiary/aromatic N) is 5. The highest BCUT2D eigenvalue weighted by Crippen LogP contribution is 2.40. The zero-order valence-corrected chi connectivity index (χ0v) is 26.0. The molecule has 2 aromatic carbocycles. The molecule has 0 spiro atoms. The molecule has 5 aromatic rings. The molecule has 0 aliphatic rings. The van der Waals surface area contributed by atoms with Gasteiger partial charge in [0.05, 0.1) is 51.5 Å². The van der Waals surface area contributed by atoms with Crippen molar-refractivity contribution < 1.29 is 27.4 Å². The first-order valence-corrected chi connectivity index (χ1v) is 14.7. The number of thiophene rings is 1. The zero-order chi connectivity index (χ0) is 32.6. The molecule has 0 unspecified atom stereocenters. The number of esters is 1. The second-order valence-electron chi connectivity index (χ2n) is 10.3. The van der Waals surface area contributed by atoms with Gasteiger partial charge in [-0.25, -0.2) is 9.78 Å². The highest BCUT2D eigenvalue weighted by Gasteiger charge is 2.36. The van der Waals surface area contributed by atoms with Crippen LogP contribution in [0.3, 0.4) is 0 Å². The minimum atomic E-state index is -4.75. The van der Waals surface area contributed by atoms with Gasteiger partial charge in [-0.2, -0.15) is 18.4 Å². The first-order valence-electron chi connectivity index (χ1n) is 13.4. The maximum absolute atomic E-state index is 14.0. The Balaban J connectivity index is 1.53. The molecule has 0 saturated heterocycles. The summed E-state index contributed by atoms with van der Waals surface area (Å²) in [5, 5.41) is 11.9. The molecule has 14 heteroatoms. The van der Waals surface area contributed by atoms with Crippen LogP contribution < -0.4 is 10.3 Å². The van der Waals surface area contributed by atoms with E-state index in [1.165, 1.54) is 34.8 Å². The number of halogens is 4. The van der Waals surface area contributed by atoms with Crippen molar-refractivity contribution >= 4 is 50.0 Å². The number of ether oxygens (including phenoxy) is 2. The van der Waals surface area contributed by atoms with E-state index in [-0.39, 0.29) is 47.6 Å². The molecule has 3 heterocycles. The normalized spacial score (nSPS) is 11.7. The largest absolute Gasteiger partial charge is 0.491 e. The topological polar surface area (TPSA) is 110 Å². The Labute approximate surface area is 264 Å². The number of alkyl halides is 3. The highest BCUT2D eigenvalue weighted by atomic mass is 35.5. The van der Waals surface area contributed by atoms with E-state index in [0.717, 1.165) is 6.07 Å². The van der Waals surface area contributed by atoms with E-state index in [9.17, 15) is 28.0 Å². The molecule has 5 rings (SSSR count). The van der Waals surface area contributed by atoms with Gasteiger partial charge in [-0.05, 0) is 56.9 Å². The van der Waals surface area contributed by atoms with Crippen molar-refractivity contribution in [1.29, 1.82) is 5.26 Å². The number of aromatic nitrogens is 3. The first kappa shape index (κ1) is 31.9. The lowest BCUT2D eigenvalue weighted by atomic mass is 9.96. The summed E-state index contributed by atoms with van der Waals surface area (Å²) in [4.78, 5) is 36.1. The molecule has 0 N–H and O–H groups in total. The third kappa shape index (κ3) is 6.09. The number of pyridine rings is 1. The van der Waals surface area contributed by atoms with Gasteiger partial charge in [-0.15, -0.1) is 11.3 Å². The molecule has 232 valence electrons. The van der Waals surface area contributed by atoms with Gasteiger partial charge in [0.2, 0.25) is 0 Å². The van der Waals surface area contributed by atoms with Crippen LogP contribution in [0.2, 0.25) is 5.02 Å². The third-order valence-electron chi connectivity index (χ3n) is 7.10. The van der Waals surface area contributed by atoms with Crippen LogP contribution in [-0.2, 0) is 24.0 Å². The average Bonchev–Trinajstić information content (AvgIpc) is 3.42. The minimum absolute atomic E-state index is 0.0121. The van der Waals surface area contributed by atoms with Gasteiger partial charge in [0.25, 0.3) is 5.56 Å². The smallest absolute Gasteiger partial charge is 0.416 e. The fourth-order valence-electron chi connectivity index (χ4n) is 5.14. The Kier molecular flexibility index (Phi) is 8.84. The Bertz CT molecular complexity index is 2070. The summed E-state index contributed by atoms with van der Waals surface area (Å²) in [6.07, 6.45) is -3.18. The molecule has 0 amide bonds. The molecule has 0 aliphatic carbocycles. The molecule has 0 bridgehead atoms. The number of aryl methyl sites for hydroxylation is 1. The predicted octanol–water partition coefficient (Wildman–Crippen LogP) is 6.45. The van der Waals surface area contributed by atoms with Crippen molar-refractivity contribution in [3.8, 4) is 22.9 Å². The van der Waals surface area contributed by atoms with E-state index in [1.807, 2.05) is 6.07 Å². The Morgan fingerprint density at radius 3 is 2.62 bits per heavy atom. The summed E-state index contributed by atoms with van der Waals surface area (Å²) in [5.41, 5.74) is -0.364. The number of methoxy groups -OCH3 is 1. The standard InChI is InChI=1S/C31H25ClF3N5O4S/c1-16-38-24-12-23(31(33,34)35)21(14-39(2)3)20(13-36)26(24)29(41)40(16)9-10-44-25-6-5-17(32)11-19(25)18-7-8-37-27-22(30(42)43-4)15-45-28(18)27/h5-8,11-12,15H,9-10,14H2,1-4H3. The van der Waals surface area contributed by atoms with Gasteiger partial charge in [0, 0.05) is 34.3 Å². The van der Waals surface area contributed by atoms with E-state index < -0.39 is 23.3 Å². The average molecular weight is 656 g/mol. The highest BCUT2D eigenvalue weighted by molar-refractivity contribution is 7.18. The molecule has 45 heavy (non-hydrogen) atoms. The van der Waals surface area contributed by atoms with Crippen molar-refractivity contribution in [2.75, 3.05) is 27.8 Å². The number of carbonyl (C=O) groups is 1. The van der Waals surface area contributed by atoms with Crippen LogP contribution in [0.1, 0.15) is 32.9 Å². The monoisotopic (exact) mass is 655 g/mol.